The third-order valence-corrected chi connectivity index (χ3v) is 5.53. The molecule has 2 N–H and O–H groups in total. The van der Waals surface area contributed by atoms with Crippen molar-refractivity contribution in [1.82, 2.24) is 20.4 Å². The lowest BCUT2D eigenvalue weighted by Gasteiger charge is -2.24. The van der Waals surface area contributed by atoms with Gasteiger partial charge in [0.05, 0.1) is 6.10 Å². The number of hydrogen-bond donors (Lipinski definition) is 2. The van der Waals surface area contributed by atoms with Gasteiger partial charge in [-0.3, -0.25) is 9.69 Å². The Balaban J connectivity index is 0.00000480. The van der Waals surface area contributed by atoms with Gasteiger partial charge in [-0.05, 0) is 44.8 Å². The number of likely N-dealkylation sites (N-methyl/N-ethyl adjacent to an activating group) is 2. The molecule has 2 atom stereocenters. The molecule has 1 heterocycles. The van der Waals surface area contributed by atoms with Gasteiger partial charge in [-0.2, -0.15) is 0 Å². The number of hydrogen-bond acceptors (Lipinski definition) is 4. The molecule has 2 unspecified atom stereocenters. The zero-order valence-corrected chi connectivity index (χ0v) is 21.8. The molecule has 1 aliphatic rings. The highest BCUT2D eigenvalue weighted by Gasteiger charge is 2.22. The Kier molecular flexibility index (Phi) is 13.7. The van der Waals surface area contributed by atoms with Crippen molar-refractivity contribution in [2.24, 2.45) is 4.99 Å². The van der Waals surface area contributed by atoms with Crippen LogP contribution in [0, 0.1) is 0 Å². The predicted octanol–water partition coefficient (Wildman–Crippen LogP) is 2.88. The van der Waals surface area contributed by atoms with E-state index >= 15 is 0 Å². The highest BCUT2D eigenvalue weighted by molar-refractivity contribution is 14.0. The molecule has 1 aromatic rings. The maximum absolute atomic E-state index is 11.9. The molecule has 0 bridgehead atoms. The Bertz CT molecular complexity index is 657. The van der Waals surface area contributed by atoms with Crippen molar-refractivity contribution in [1.29, 1.82) is 0 Å². The van der Waals surface area contributed by atoms with E-state index in [1.54, 1.807) is 19.0 Å². The van der Waals surface area contributed by atoms with Crippen LogP contribution in [0.2, 0.25) is 0 Å². The Hall–Kier alpha value is -1.39. The van der Waals surface area contributed by atoms with Crippen LogP contribution in [0.3, 0.4) is 0 Å². The molecule has 1 aromatic carbocycles. The maximum Gasteiger partial charge on any atom is 0.243 e. The quantitative estimate of drug-likeness (QED) is 0.194. The fourth-order valence-corrected chi connectivity index (χ4v) is 3.58. The predicted molar refractivity (Wildman–Crippen MR) is 138 cm³/mol. The minimum Gasteiger partial charge on any atom is -0.374 e. The standard InChI is InChI=1S/C23H39N5O2.HI/c1-5-28-15-9-13-21(28)17-25-23(26-18-22(29)27(3)4)24-14-10-16-30-19(2)20-11-7-6-8-12-20;/h6-8,11-12,19,21H,5,9-10,13-18H2,1-4H3,(H2,24,25,26);1H. The number of carbonyl (C=O) groups is 1. The minimum atomic E-state index is -0.00725. The second-order valence-corrected chi connectivity index (χ2v) is 7.96. The zero-order chi connectivity index (χ0) is 21.8. The third kappa shape index (κ3) is 10.2. The molecule has 1 amide bonds. The van der Waals surface area contributed by atoms with E-state index in [4.69, 9.17) is 4.74 Å². The minimum absolute atomic E-state index is 0. The Morgan fingerprint density at radius 1 is 1.29 bits per heavy atom. The van der Waals surface area contributed by atoms with Crippen LogP contribution in [-0.2, 0) is 9.53 Å². The molecular formula is C23H40IN5O2. The first kappa shape index (κ1) is 27.6. The molecule has 0 spiro atoms. The molecule has 1 aliphatic heterocycles. The summed E-state index contributed by atoms with van der Waals surface area (Å²) >= 11 is 0. The molecule has 0 aromatic heterocycles. The fraction of sp³-hybridized carbons (Fsp3) is 0.652. The number of carbonyl (C=O) groups excluding carboxylic acids is 1. The summed E-state index contributed by atoms with van der Waals surface area (Å²) in [6.07, 6.45) is 3.40. The van der Waals surface area contributed by atoms with Crippen LogP contribution < -0.4 is 10.6 Å². The summed E-state index contributed by atoms with van der Waals surface area (Å²) in [5.74, 6) is 0.691. The molecule has 0 aliphatic carbocycles. The van der Waals surface area contributed by atoms with Gasteiger partial charge >= 0.3 is 0 Å². The highest BCUT2D eigenvalue weighted by atomic mass is 127. The van der Waals surface area contributed by atoms with Gasteiger partial charge in [-0.1, -0.05) is 37.3 Å². The van der Waals surface area contributed by atoms with Crippen molar-refractivity contribution in [3.63, 3.8) is 0 Å². The average molecular weight is 546 g/mol. The van der Waals surface area contributed by atoms with E-state index in [9.17, 15) is 4.79 Å². The average Bonchev–Trinajstić information content (AvgIpc) is 3.22. The topological polar surface area (TPSA) is 69.2 Å². The molecule has 0 saturated carbocycles. The largest absolute Gasteiger partial charge is 0.374 e. The van der Waals surface area contributed by atoms with Gasteiger partial charge in [0.1, 0.15) is 6.54 Å². The number of guanidine groups is 1. The number of benzene rings is 1. The molecule has 0 radical (unpaired) electrons. The zero-order valence-electron chi connectivity index (χ0n) is 19.5. The summed E-state index contributed by atoms with van der Waals surface area (Å²) in [7, 11) is 3.50. The van der Waals surface area contributed by atoms with Crippen LogP contribution >= 0.6 is 24.0 Å². The number of amides is 1. The summed E-state index contributed by atoms with van der Waals surface area (Å²) in [6.45, 7) is 8.91. The number of rotatable bonds is 11. The number of ether oxygens (including phenoxy) is 1. The summed E-state index contributed by atoms with van der Waals surface area (Å²) in [4.78, 5) is 20.5. The fourth-order valence-electron chi connectivity index (χ4n) is 3.58. The number of aliphatic imine (C=N–C) groups is 1. The van der Waals surface area contributed by atoms with E-state index in [2.05, 4.69) is 46.5 Å². The first-order valence-electron chi connectivity index (χ1n) is 11.1. The van der Waals surface area contributed by atoms with E-state index in [0.29, 0.717) is 18.6 Å². The van der Waals surface area contributed by atoms with Gasteiger partial charge in [0.2, 0.25) is 5.91 Å². The molecule has 1 saturated heterocycles. The molecule has 8 heteroatoms. The van der Waals surface area contributed by atoms with Crippen LogP contribution in [0.4, 0.5) is 0 Å². The lowest BCUT2D eigenvalue weighted by molar-refractivity contribution is -0.127. The lowest BCUT2D eigenvalue weighted by atomic mass is 10.1. The number of halogens is 1. The van der Waals surface area contributed by atoms with Crippen molar-refractivity contribution in [3.8, 4) is 0 Å². The molecular weight excluding hydrogens is 505 g/mol. The SMILES string of the molecule is CCN1CCCC1CNC(=NCC(=O)N(C)C)NCCCOC(C)c1ccccc1.I. The van der Waals surface area contributed by atoms with Crippen LogP contribution in [0.1, 0.15) is 44.8 Å². The smallest absolute Gasteiger partial charge is 0.243 e. The summed E-state index contributed by atoms with van der Waals surface area (Å²) in [5, 5.41) is 6.79. The summed E-state index contributed by atoms with van der Waals surface area (Å²) in [5.41, 5.74) is 1.19. The van der Waals surface area contributed by atoms with Crippen LogP contribution in [0.15, 0.2) is 35.3 Å². The Morgan fingerprint density at radius 3 is 2.71 bits per heavy atom. The first-order valence-corrected chi connectivity index (χ1v) is 11.1. The van der Waals surface area contributed by atoms with E-state index in [0.717, 1.165) is 26.1 Å². The van der Waals surface area contributed by atoms with Crippen LogP contribution in [-0.4, -0.2) is 81.1 Å². The molecule has 7 nitrogen and oxygen atoms in total. The lowest BCUT2D eigenvalue weighted by Crippen LogP contribution is -2.45. The number of nitrogens with zero attached hydrogens (tertiary/aromatic N) is 3. The van der Waals surface area contributed by atoms with Crippen molar-refractivity contribution >= 4 is 35.8 Å². The molecule has 176 valence electrons. The van der Waals surface area contributed by atoms with E-state index in [-0.39, 0.29) is 42.5 Å². The second kappa shape index (κ2) is 15.4. The van der Waals surface area contributed by atoms with Crippen molar-refractivity contribution in [3.05, 3.63) is 35.9 Å². The van der Waals surface area contributed by atoms with Crippen molar-refractivity contribution < 1.29 is 9.53 Å². The second-order valence-electron chi connectivity index (χ2n) is 7.96. The van der Waals surface area contributed by atoms with E-state index in [1.807, 2.05) is 18.2 Å². The normalized spacial score (nSPS) is 17.7. The maximum atomic E-state index is 11.9. The summed E-state index contributed by atoms with van der Waals surface area (Å²) in [6, 6.07) is 10.8. The van der Waals surface area contributed by atoms with Crippen LogP contribution in [0.25, 0.3) is 0 Å². The summed E-state index contributed by atoms with van der Waals surface area (Å²) < 4.78 is 5.94. The Labute approximate surface area is 205 Å². The van der Waals surface area contributed by atoms with Crippen molar-refractivity contribution in [2.45, 2.75) is 45.3 Å². The van der Waals surface area contributed by atoms with Gasteiger partial charge in [0.15, 0.2) is 5.96 Å². The van der Waals surface area contributed by atoms with E-state index < -0.39 is 0 Å². The van der Waals surface area contributed by atoms with E-state index in [1.165, 1.54) is 24.9 Å². The van der Waals surface area contributed by atoms with Crippen LogP contribution in [0.5, 0.6) is 0 Å². The molecule has 31 heavy (non-hydrogen) atoms. The van der Waals surface area contributed by atoms with Gasteiger partial charge < -0.3 is 20.3 Å². The molecule has 2 rings (SSSR count). The Morgan fingerprint density at radius 2 is 2.03 bits per heavy atom. The molecule has 1 fully saturated rings. The van der Waals surface area contributed by atoms with Crippen molar-refractivity contribution in [2.75, 3.05) is 53.4 Å². The third-order valence-electron chi connectivity index (χ3n) is 5.53. The number of likely N-dealkylation sites (tertiary alicyclic amines) is 1. The van der Waals surface area contributed by atoms with Gasteiger partial charge in [-0.25, -0.2) is 4.99 Å². The first-order chi connectivity index (χ1) is 14.5. The highest BCUT2D eigenvalue weighted by Crippen LogP contribution is 2.16. The van der Waals surface area contributed by atoms with Gasteiger partial charge in [0, 0.05) is 39.8 Å². The van der Waals surface area contributed by atoms with Gasteiger partial charge in [-0.15, -0.1) is 24.0 Å². The van der Waals surface area contributed by atoms with Gasteiger partial charge in [0.25, 0.3) is 0 Å². The monoisotopic (exact) mass is 545 g/mol. The number of nitrogens with one attached hydrogen (secondary N) is 2.